The summed E-state index contributed by atoms with van der Waals surface area (Å²) in [6.07, 6.45) is 7.38. The van der Waals surface area contributed by atoms with E-state index in [9.17, 15) is 8.42 Å². The molecule has 5 rings (SSSR count). The van der Waals surface area contributed by atoms with Gasteiger partial charge in [-0.25, -0.2) is 17.7 Å². The van der Waals surface area contributed by atoms with Gasteiger partial charge in [0.25, 0.3) is 0 Å². The topological polar surface area (TPSA) is 96.2 Å². The van der Waals surface area contributed by atoms with Gasteiger partial charge in [0, 0.05) is 25.2 Å². The van der Waals surface area contributed by atoms with Crippen LogP contribution in [0.15, 0.2) is 18.5 Å². The highest BCUT2D eigenvalue weighted by Crippen LogP contribution is 2.45. The molecule has 144 valence electrons. The van der Waals surface area contributed by atoms with Gasteiger partial charge in [-0.05, 0) is 37.2 Å². The van der Waals surface area contributed by atoms with Gasteiger partial charge in [-0.2, -0.15) is 0 Å². The number of hydrogen-bond acceptors (Lipinski definition) is 5. The first-order chi connectivity index (χ1) is 13.1. The monoisotopic (exact) mass is 388 g/mol. The van der Waals surface area contributed by atoms with Gasteiger partial charge in [-0.3, -0.25) is 4.40 Å². The lowest BCUT2D eigenvalue weighted by Crippen LogP contribution is -2.44. The lowest BCUT2D eigenvalue weighted by molar-refractivity contribution is 0.306. The number of rotatable bonds is 5. The summed E-state index contributed by atoms with van der Waals surface area (Å²) in [7, 11) is -3.12. The van der Waals surface area contributed by atoms with Gasteiger partial charge in [-0.1, -0.05) is 13.3 Å². The number of hydrogen-bond donors (Lipinski definition) is 1. The minimum atomic E-state index is -3.12. The molecule has 0 aromatic carbocycles. The second-order valence-electron chi connectivity index (χ2n) is 7.86. The highest BCUT2D eigenvalue weighted by atomic mass is 32.2. The number of H-pyrrole nitrogens is 1. The number of fused-ring (bicyclic) bond motifs is 3. The maximum atomic E-state index is 12.6. The zero-order chi connectivity index (χ0) is 18.6. The van der Waals surface area contributed by atoms with E-state index in [1.807, 2.05) is 12.3 Å². The molecule has 3 aromatic rings. The molecular formula is C18H24N6O2S. The Bertz CT molecular complexity index is 1080. The SMILES string of the molecule is CC[C@H]1C[C@@H](CS(=O)(=O)N2CCC2)C[C@@H]1c1nnc2cnc3[nH]ccc3n12. The quantitative estimate of drug-likeness (QED) is 0.722. The van der Waals surface area contributed by atoms with Crippen molar-refractivity contribution in [3.63, 3.8) is 0 Å². The van der Waals surface area contributed by atoms with Crippen LogP contribution in [0.5, 0.6) is 0 Å². The normalized spacial score (nSPS) is 26.8. The molecule has 1 aliphatic heterocycles. The Kier molecular flexibility index (Phi) is 3.98. The van der Waals surface area contributed by atoms with Crippen LogP contribution in [0.4, 0.5) is 0 Å². The fourth-order valence-electron chi connectivity index (χ4n) is 4.75. The van der Waals surface area contributed by atoms with Gasteiger partial charge in [-0.15, -0.1) is 10.2 Å². The molecule has 27 heavy (non-hydrogen) atoms. The molecule has 2 fully saturated rings. The Hall–Kier alpha value is -2.00. The fourth-order valence-corrected chi connectivity index (χ4v) is 6.64. The maximum Gasteiger partial charge on any atom is 0.214 e. The number of nitrogens with one attached hydrogen (secondary N) is 1. The van der Waals surface area contributed by atoms with E-state index in [1.165, 1.54) is 0 Å². The van der Waals surface area contributed by atoms with Crippen LogP contribution in [0.3, 0.4) is 0 Å². The molecule has 4 heterocycles. The van der Waals surface area contributed by atoms with Crippen molar-refractivity contribution in [2.45, 2.75) is 38.5 Å². The molecule has 8 nitrogen and oxygen atoms in total. The minimum absolute atomic E-state index is 0.182. The predicted molar refractivity (Wildman–Crippen MR) is 102 cm³/mol. The van der Waals surface area contributed by atoms with E-state index in [2.05, 4.69) is 31.5 Å². The van der Waals surface area contributed by atoms with Crippen molar-refractivity contribution >= 4 is 26.8 Å². The lowest BCUT2D eigenvalue weighted by Gasteiger charge is -2.30. The molecule has 0 spiro atoms. The Morgan fingerprint density at radius 2 is 2.11 bits per heavy atom. The summed E-state index contributed by atoms with van der Waals surface area (Å²) in [5.74, 6) is 2.03. The number of aromatic amines is 1. The van der Waals surface area contributed by atoms with Crippen molar-refractivity contribution in [1.82, 2.24) is 28.9 Å². The zero-order valence-corrected chi connectivity index (χ0v) is 16.2. The molecule has 0 amide bonds. The van der Waals surface area contributed by atoms with Crippen LogP contribution in [0.25, 0.3) is 16.8 Å². The molecule has 3 atom stereocenters. The average Bonchev–Trinajstić information content (AvgIpc) is 3.28. The Balaban J connectivity index is 1.47. The Morgan fingerprint density at radius 1 is 1.26 bits per heavy atom. The Labute approximate surface area is 158 Å². The van der Waals surface area contributed by atoms with Crippen LogP contribution >= 0.6 is 0 Å². The van der Waals surface area contributed by atoms with Crippen molar-refractivity contribution in [1.29, 1.82) is 0 Å². The molecule has 1 aliphatic carbocycles. The standard InChI is InChI=1S/C18H24N6O2S/c1-2-13-8-12(11-27(25,26)23-6-3-7-23)9-14(13)18-22-21-16-10-20-17-15(24(16)18)4-5-19-17/h4-5,10,12-14,19H,2-3,6-9,11H2,1H3/t12-,13+,14+/m1/s1. The number of aromatic nitrogens is 5. The largest absolute Gasteiger partial charge is 0.345 e. The summed E-state index contributed by atoms with van der Waals surface area (Å²) in [6.45, 7) is 3.55. The van der Waals surface area contributed by atoms with Crippen LogP contribution < -0.4 is 0 Å². The summed E-state index contributed by atoms with van der Waals surface area (Å²) < 4.78 is 28.9. The van der Waals surface area contributed by atoms with Gasteiger partial charge in [0.15, 0.2) is 11.3 Å². The first-order valence-electron chi connectivity index (χ1n) is 9.71. The summed E-state index contributed by atoms with van der Waals surface area (Å²) in [5.41, 5.74) is 2.52. The molecular weight excluding hydrogens is 364 g/mol. The van der Waals surface area contributed by atoms with E-state index in [0.717, 1.165) is 48.3 Å². The molecule has 1 saturated heterocycles. The maximum absolute atomic E-state index is 12.6. The smallest absolute Gasteiger partial charge is 0.214 e. The van der Waals surface area contributed by atoms with Crippen molar-refractivity contribution in [3.05, 3.63) is 24.3 Å². The molecule has 2 aliphatic rings. The summed E-state index contributed by atoms with van der Waals surface area (Å²) in [5, 5.41) is 8.82. The lowest BCUT2D eigenvalue weighted by atomic mass is 9.93. The number of nitrogens with zero attached hydrogens (tertiary/aromatic N) is 5. The highest BCUT2D eigenvalue weighted by Gasteiger charge is 2.40. The van der Waals surface area contributed by atoms with Gasteiger partial charge < -0.3 is 4.98 Å². The molecule has 3 aromatic heterocycles. The fraction of sp³-hybridized carbons (Fsp3) is 0.611. The van der Waals surface area contributed by atoms with Crippen molar-refractivity contribution in [2.24, 2.45) is 11.8 Å². The minimum Gasteiger partial charge on any atom is -0.345 e. The van der Waals surface area contributed by atoms with Gasteiger partial charge >= 0.3 is 0 Å². The first-order valence-corrected chi connectivity index (χ1v) is 11.3. The van der Waals surface area contributed by atoms with Crippen molar-refractivity contribution < 1.29 is 8.42 Å². The van der Waals surface area contributed by atoms with E-state index < -0.39 is 10.0 Å². The number of sulfonamides is 1. The average molecular weight is 388 g/mol. The zero-order valence-electron chi connectivity index (χ0n) is 15.4. The molecule has 0 unspecified atom stereocenters. The van der Waals surface area contributed by atoms with Crippen molar-refractivity contribution in [2.75, 3.05) is 18.8 Å². The predicted octanol–water partition coefficient (Wildman–Crippen LogP) is 2.16. The van der Waals surface area contributed by atoms with Crippen LogP contribution in [-0.4, -0.2) is 56.1 Å². The second kappa shape index (κ2) is 6.27. The third-order valence-corrected chi connectivity index (χ3v) is 8.31. The third kappa shape index (κ3) is 2.75. The van der Waals surface area contributed by atoms with E-state index in [0.29, 0.717) is 19.0 Å². The Morgan fingerprint density at radius 3 is 2.85 bits per heavy atom. The summed E-state index contributed by atoms with van der Waals surface area (Å²) >= 11 is 0. The van der Waals surface area contributed by atoms with Crippen LogP contribution in [0.2, 0.25) is 0 Å². The molecule has 0 bridgehead atoms. The third-order valence-electron chi connectivity index (χ3n) is 6.27. The summed E-state index contributed by atoms with van der Waals surface area (Å²) in [4.78, 5) is 7.52. The van der Waals surface area contributed by atoms with Gasteiger partial charge in [0.2, 0.25) is 10.0 Å². The van der Waals surface area contributed by atoms with Gasteiger partial charge in [0.05, 0.1) is 17.5 Å². The van der Waals surface area contributed by atoms with E-state index in [4.69, 9.17) is 0 Å². The van der Waals surface area contributed by atoms with Crippen molar-refractivity contribution in [3.8, 4) is 0 Å². The van der Waals surface area contributed by atoms with Gasteiger partial charge in [0.1, 0.15) is 5.82 Å². The first kappa shape index (κ1) is 17.1. The highest BCUT2D eigenvalue weighted by molar-refractivity contribution is 7.89. The van der Waals surface area contributed by atoms with Crippen LogP contribution in [0.1, 0.15) is 44.3 Å². The molecule has 1 N–H and O–H groups in total. The van der Waals surface area contributed by atoms with Crippen LogP contribution in [0, 0.1) is 11.8 Å². The summed E-state index contributed by atoms with van der Waals surface area (Å²) in [6, 6.07) is 1.99. The van der Waals surface area contributed by atoms with E-state index in [-0.39, 0.29) is 17.6 Å². The van der Waals surface area contributed by atoms with Crippen LogP contribution in [-0.2, 0) is 10.0 Å². The molecule has 1 saturated carbocycles. The molecule has 9 heteroatoms. The van der Waals surface area contributed by atoms with E-state index in [1.54, 1.807) is 10.5 Å². The van der Waals surface area contributed by atoms with E-state index >= 15 is 0 Å². The second-order valence-corrected chi connectivity index (χ2v) is 9.88. The molecule has 0 radical (unpaired) electrons.